The number of hydrogen-bond acceptors (Lipinski definition) is 3. The van der Waals surface area contributed by atoms with Crippen molar-refractivity contribution in [1.82, 2.24) is 4.98 Å². The molecule has 19 heavy (non-hydrogen) atoms. The van der Waals surface area contributed by atoms with Gasteiger partial charge in [0, 0.05) is 24.1 Å². The summed E-state index contributed by atoms with van der Waals surface area (Å²) in [6.45, 7) is 0.279. The fourth-order valence-electron chi connectivity index (χ4n) is 1.48. The van der Waals surface area contributed by atoms with Gasteiger partial charge in [-0.05, 0) is 42.0 Å². The summed E-state index contributed by atoms with van der Waals surface area (Å²) in [6.07, 6.45) is 3.31. The smallest absolute Gasteiger partial charge is 0.168 e. The third-order valence-electron chi connectivity index (χ3n) is 2.34. The molecule has 0 atom stereocenters. The van der Waals surface area contributed by atoms with Gasteiger partial charge in [-0.15, -0.1) is 0 Å². The Balaban J connectivity index is 2.03. The van der Waals surface area contributed by atoms with E-state index in [1.54, 1.807) is 30.6 Å². The number of ether oxygens (including phenoxy) is 1. The second-order valence-electron chi connectivity index (χ2n) is 3.78. The highest BCUT2D eigenvalue weighted by Gasteiger charge is 2.05. The highest BCUT2D eigenvalue weighted by Crippen LogP contribution is 2.22. The van der Waals surface area contributed by atoms with Gasteiger partial charge in [0.1, 0.15) is 6.61 Å². The molecular formula is C13H12FN3OS. The van der Waals surface area contributed by atoms with Crippen LogP contribution in [-0.4, -0.2) is 10.1 Å². The van der Waals surface area contributed by atoms with Crippen LogP contribution >= 0.6 is 12.2 Å². The summed E-state index contributed by atoms with van der Waals surface area (Å²) in [5, 5.41) is 2.74. The van der Waals surface area contributed by atoms with Crippen LogP contribution in [0, 0.1) is 5.82 Å². The molecule has 0 saturated heterocycles. The number of nitrogens with two attached hydrogens (primary N) is 1. The lowest BCUT2D eigenvalue weighted by Crippen LogP contribution is -2.18. The molecule has 0 bridgehead atoms. The molecule has 1 aromatic heterocycles. The first-order valence-corrected chi connectivity index (χ1v) is 5.93. The molecule has 1 heterocycles. The van der Waals surface area contributed by atoms with Gasteiger partial charge in [0.25, 0.3) is 0 Å². The van der Waals surface area contributed by atoms with Crippen molar-refractivity contribution in [1.29, 1.82) is 0 Å². The SMILES string of the molecule is NC(=S)Nc1ccc(OCc2ccncc2)c(F)c1. The summed E-state index contributed by atoms with van der Waals surface area (Å²) in [4.78, 5) is 3.90. The number of thiocarbonyl (C=S) groups is 1. The van der Waals surface area contributed by atoms with Gasteiger partial charge in [0.2, 0.25) is 0 Å². The molecule has 0 saturated carbocycles. The van der Waals surface area contributed by atoms with Crippen LogP contribution in [0.3, 0.4) is 0 Å². The first-order valence-electron chi connectivity index (χ1n) is 5.53. The van der Waals surface area contributed by atoms with E-state index >= 15 is 0 Å². The van der Waals surface area contributed by atoms with Crippen molar-refractivity contribution in [2.75, 3.05) is 5.32 Å². The molecule has 0 amide bonds. The van der Waals surface area contributed by atoms with Gasteiger partial charge in [-0.2, -0.15) is 0 Å². The summed E-state index contributed by atoms with van der Waals surface area (Å²) in [5.74, 6) is -0.305. The van der Waals surface area contributed by atoms with E-state index in [2.05, 4.69) is 22.5 Å². The minimum atomic E-state index is -0.477. The lowest BCUT2D eigenvalue weighted by atomic mass is 10.2. The molecule has 0 radical (unpaired) electrons. The second kappa shape index (κ2) is 6.10. The third-order valence-corrected chi connectivity index (χ3v) is 2.45. The zero-order valence-electron chi connectivity index (χ0n) is 9.97. The van der Waals surface area contributed by atoms with Gasteiger partial charge in [0.15, 0.2) is 16.7 Å². The minimum absolute atomic E-state index is 0.0878. The molecule has 1 aromatic carbocycles. The van der Waals surface area contributed by atoms with Gasteiger partial charge in [-0.3, -0.25) is 4.98 Å². The molecule has 0 unspecified atom stereocenters. The van der Waals surface area contributed by atoms with E-state index in [-0.39, 0.29) is 17.5 Å². The molecule has 2 aromatic rings. The van der Waals surface area contributed by atoms with Gasteiger partial charge < -0.3 is 15.8 Å². The zero-order chi connectivity index (χ0) is 13.7. The fraction of sp³-hybridized carbons (Fsp3) is 0.0769. The van der Waals surface area contributed by atoms with E-state index in [1.807, 2.05) is 0 Å². The Morgan fingerprint density at radius 1 is 1.32 bits per heavy atom. The predicted octanol–water partition coefficient (Wildman–Crippen LogP) is 2.46. The van der Waals surface area contributed by atoms with Crippen LogP contribution in [-0.2, 0) is 6.61 Å². The molecule has 98 valence electrons. The number of rotatable bonds is 4. The molecule has 3 N–H and O–H groups in total. The van der Waals surface area contributed by atoms with Gasteiger partial charge in [-0.1, -0.05) is 0 Å². The molecule has 0 fully saturated rings. The monoisotopic (exact) mass is 277 g/mol. The van der Waals surface area contributed by atoms with Crippen molar-refractivity contribution in [3.8, 4) is 5.75 Å². The number of pyridine rings is 1. The predicted molar refractivity (Wildman–Crippen MR) is 75.4 cm³/mol. The maximum atomic E-state index is 13.7. The quantitative estimate of drug-likeness (QED) is 0.841. The summed E-state index contributed by atoms with van der Waals surface area (Å²) in [5.41, 5.74) is 6.71. The zero-order valence-corrected chi connectivity index (χ0v) is 10.8. The highest BCUT2D eigenvalue weighted by atomic mass is 32.1. The average Bonchev–Trinajstić information content (AvgIpc) is 2.38. The van der Waals surface area contributed by atoms with Crippen LogP contribution in [0.2, 0.25) is 0 Å². The van der Waals surface area contributed by atoms with E-state index in [4.69, 9.17) is 10.5 Å². The van der Waals surface area contributed by atoms with Gasteiger partial charge in [0.05, 0.1) is 0 Å². The van der Waals surface area contributed by atoms with Gasteiger partial charge in [-0.25, -0.2) is 4.39 Å². The number of aromatic nitrogens is 1. The molecular weight excluding hydrogens is 265 g/mol. The summed E-state index contributed by atoms with van der Waals surface area (Å²) < 4.78 is 19.1. The Kier molecular flexibility index (Phi) is 4.25. The first-order chi connectivity index (χ1) is 9.15. The first kappa shape index (κ1) is 13.2. The lowest BCUT2D eigenvalue weighted by molar-refractivity contribution is 0.290. The molecule has 0 aliphatic rings. The number of halogens is 1. The standard InChI is InChI=1S/C13H12FN3OS/c14-11-7-10(17-13(15)19)1-2-12(11)18-8-9-3-5-16-6-4-9/h1-7H,8H2,(H3,15,17,19). The molecule has 6 heteroatoms. The van der Waals surface area contributed by atoms with E-state index in [1.165, 1.54) is 12.1 Å². The summed E-state index contributed by atoms with van der Waals surface area (Å²) in [7, 11) is 0. The fourth-order valence-corrected chi connectivity index (χ4v) is 1.60. The molecule has 0 spiro atoms. The number of benzene rings is 1. The molecule has 4 nitrogen and oxygen atoms in total. The second-order valence-corrected chi connectivity index (χ2v) is 4.22. The van der Waals surface area contributed by atoms with Crippen molar-refractivity contribution in [2.24, 2.45) is 5.73 Å². The number of nitrogens with zero attached hydrogens (tertiary/aromatic N) is 1. The topological polar surface area (TPSA) is 60.2 Å². The minimum Gasteiger partial charge on any atom is -0.486 e. The number of hydrogen-bond donors (Lipinski definition) is 2. The van der Waals surface area contributed by atoms with E-state index in [0.717, 1.165) is 5.56 Å². The Hall–Kier alpha value is -2.21. The molecule has 0 aliphatic carbocycles. The van der Waals surface area contributed by atoms with Crippen LogP contribution in [0.15, 0.2) is 42.7 Å². The Bertz CT molecular complexity index is 577. The Morgan fingerprint density at radius 2 is 2.05 bits per heavy atom. The summed E-state index contributed by atoms with van der Waals surface area (Å²) >= 11 is 4.68. The Morgan fingerprint density at radius 3 is 2.68 bits per heavy atom. The van der Waals surface area contributed by atoms with E-state index < -0.39 is 5.82 Å². The lowest BCUT2D eigenvalue weighted by Gasteiger charge is -2.09. The van der Waals surface area contributed by atoms with Crippen molar-refractivity contribution < 1.29 is 9.13 Å². The van der Waals surface area contributed by atoms with Crippen molar-refractivity contribution in [2.45, 2.75) is 6.61 Å². The average molecular weight is 277 g/mol. The maximum Gasteiger partial charge on any atom is 0.168 e. The van der Waals surface area contributed by atoms with Crippen LogP contribution in [0.4, 0.5) is 10.1 Å². The van der Waals surface area contributed by atoms with E-state index in [0.29, 0.717) is 5.69 Å². The Labute approximate surface area is 115 Å². The van der Waals surface area contributed by atoms with Crippen molar-refractivity contribution in [3.63, 3.8) is 0 Å². The van der Waals surface area contributed by atoms with Crippen LogP contribution in [0.1, 0.15) is 5.56 Å². The maximum absolute atomic E-state index is 13.7. The normalized spacial score (nSPS) is 9.95. The molecule has 0 aliphatic heterocycles. The highest BCUT2D eigenvalue weighted by molar-refractivity contribution is 7.80. The van der Waals surface area contributed by atoms with Crippen LogP contribution < -0.4 is 15.8 Å². The summed E-state index contributed by atoms with van der Waals surface area (Å²) in [6, 6.07) is 8.06. The number of anilines is 1. The number of nitrogens with one attached hydrogen (secondary N) is 1. The third kappa shape index (κ3) is 3.89. The van der Waals surface area contributed by atoms with Crippen LogP contribution in [0.5, 0.6) is 5.75 Å². The molecule has 2 rings (SSSR count). The van der Waals surface area contributed by atoms with Crippen LogP contribution in [0.25, 0.3) is 0 Å². The largest absolute Gasteiger partial charge is 0.486 e. The van der Waals surface area contributed by atoms with Crippen molar-refractivity contribution in [3.05, 3.63) is 54.1 Å². The van der Waals surface area contributed by atoms with Gasteiger partial charge >= 0.3 is 0 Å². The van der Waals surface area contributed by atoms with E-state index in [9.17, 15) is 4.39 Å². The van der Waals surface area contributed by atoms with Crippen molar-refractivity contribution >= 4 is 23.0 Å².